The van der Waals surface area contributed by atoms with Gasteiger partial charge in [-0.2, -0.15) is 13.2 Å². The van der Waals surface area contributed by atoms with Crippen molar-refractivity contribution in [3.05, 3.63) is 55.5 Å². The predicted molar refractivity (Wildman–Crippen MR) is 99.8 cm³/mol. The van der Waals surface area contributed by atoms with Gasteiger partial charge in [0.2, 0.25) is 5.91 Å². The van der Waals surface area contributed by atoms with E-state index < -0.39 is 11.9 Å². The zero-order valence-corrected chi connectivity index (χ0v) is 14.6. The van der Waals surface area contributed by atoms with Gasteiger partial charge in [-0.05, 0) is 48.6 Å². The van der Waals surface area contributed by atoms with E-state index in [1.54, 1.807) is 0 Å². The molecule has 1 saturated heterocycles. The number of halogens is 3. The number of aromatic nitrogens is 1. The number of carbonyl (C=O) groups excluding carboxylic acids is 1. The molecule has 5 nitrogen and oxygen atoms in total. The molecule has 144 valence electrons. The Kier molecular flexibility index (Phi) is 6.44. The molecule has 0 aliphatic carbocycles. The van der Waals surface area contributed by atoms with Gasteiger partial charge in [-0.1, -0.05) is 13.2 Å². The minimum atomic E-state index is -4.64. The second-order valence-corrected chi connectivity index (χ2v) is 5.90. The molecule has 0 bridgehead atoms. The fourth-order valence-electron chi connectivity index (χ4n) is 2.61. The molecule has 1 fully saturated rings. The summed E-state index contributed by atoms with van der Waals surface area (Å²) in [6.07, 6.45) is 0.915. The number of benzene rings is 1. The lowest BCUT2D eigenvalue weighted by molar-refractivity contribution is -0.119. The first-order chi connectivity index (χ1) is 12.7. The van der Waals surface area contributed by atoms with Gasteiger partial charge in [0.05, 0.1) is 0 Å². The van der Waals surface area contributed by atoms with E-state index in [4.69, 9.17) is 5.11 Å². The molecule has 1 aromatic heterocycles. The average molecular weight is 379 g/mol. The van der Waals surface area contributed by atoms with Gasteiger partial charge in [-0.3, -0.25) is 4.79 Å². The highest BCUT2D eigenvalue weighted by molar-refractivity contribution is 6.01. The SMILES string of the molecule is C=C(O)C(F)(F)F.C=CC(=O)Nc1ccc2c(N3CCCC3)nccc2c1. The summed E-state index contributed by atoms with van der Waals surface area (Å²) in [5.74, 6) is -0.910. The quantitative estimate of drug-likeness (QED) is 0.605. The first-order valence-electron chi connectivity index (χ1n) is 8.24. The summed E-state index contributed by atoms with van der Waals surface area (Å²) in [6, 6.07) is 7.87. The van der Waals surface area contributed by atoms with Crippen LogP contribution in [0, 0.1) is 0 Å². The topological polar surface area (TPSA) is 65.5 Å². The Hall–Kier alpha value is -3.03. The largest absolute Gasteiger partial charge is 0.505 e. The summed E-state index contributed by atoms with van der Waals surface area (Å²) in [6.45, 7) is 7.85. The third-order valence-corrected chi connectivity index (χ3v) is 3.93. The molecule has 0 spiro atoms. The normalized spacial score (nSPS) is 13.7. The van der Waals surface area contributed by atoms with Crippen LogP contribution >= 0.6 is 0 Å². The van der Waals surface area contributed by atoms with Crippen LogP contribution in [0.25, 0.3) is 10.8 Å². The number of nitrogens with zero attached hydrogens (tertiary/aromatic N) is 2. The standard InChI is InChI=1S/C16H17N3O.C3H3F3O/c1-2-15(20)18-13-5-6-14-12(11-13)7-8-17-16(14)19-9-3-4-10-19;1-2(7)3(4,5)6/h2,5-8,11H,1,3-4,9-10H2,(H,18,20);7H,1H2. The number of fused-ring (bicyclic) bond motifs is 1. The van der Waals surface area contributed by atoms with E-state index in [1.807, 2.05) is 30.5 Å². The van der Waals surface area contributed by atoms with Gasteiger partial charge in [0.1, 0.15) is 5.82 Å². The van der Waals surface area contributed by atoms with Crippen LogP contribution < -0.4 is 10.2 Å². The van der Waals surface area contributed by atoms with Crippen LogP contribution in [0.2, 0.25) is 0 Å². The number of rotatable bonds is 3. The number of pyridine rings is 1. The van der Waals surface area contributed by atoms with Crippen molar-refractivity contribution in [1.29, 1.82) is 0 Å². The summed E-state index contributed by atoms with van der Waals surface area (Å²) in [7, 11) is 0. The van der Waals surface area contributed by atoms with Crippen LogP contribution in [0.4, 0.5) is 24.7 Å². The van der Waals surface area contributed by atoms with Crippen molar-refractivity contribution in [3.8, 4) is 0 Å². The molecule has 0 radical (unpaired) electrons. The number of nitrogens with one attached hydrogen (secondary N) is 1. The molecule has 1 amide bonds. The van der Waals surface area contributed by atoms with Gasteiger partial charge >= 0.3 is 6.18 Å². The van der Waals surface area contributed by atoms with Crippen LogP contribution in [0.3, 0.4) is 0 Å². The van der Waals surface area contributed by atoms with Crippen molar-refractivity contribution >= 4 is 28.2 Å². The van der Waals surface area contributed by atoms with Crippen molar-refractivity contribution in [2.75, 3.05) is 23.3 Å². The highest BCUT2D eigenvalue weighted by Crippen LogP contribution is 2.29. The van der Waals surface area contributed by atoms with Crippen LogP contribution in [-0.2, 0) is 4.79 Å². The number of alkyl halides is 3. The van der Waals surface area contributed by atoms with Gasteiger partial charge in [-0.15, -0.1) is 0 Å². The molecule has 2 N–H and O–H groups in total. The van der Waals surface area contributed by atoms with Crippen LogP contribution in [0.15, 0.2) is 55.5 Å². The van der Waals surface area contributed by atoms with E-state index >= 15 is 0 Å². The monoisotopic (exact) mass is 379 g/mol. The number of hydrogen-bond donors (Lipinski definition) is 2. The molecule has 2 heterocycles. The van der Waals surface area contributed by atoms with E-state index in [0.29, 0.717) is 0 Å². The summed E-state index contributed by atoms with van der Waals surface area (Å²) in [5, 5.41) is 12.6. The molecule has 0 unspecified atom stereocenters. The van der Waals surface area contributed by atoms with E-state index in [2.05, 4.69) is 28.4 Å². The van der Waals surface area contributed by atoms with Gasteiger partial charge in [0, 0.05) is 30.4 Å². The van der Waals surface area contributed by atoms with E-state index in [0.717, 1.165) is 35.4 Å². The Balaban J connectivity index is 0.000000321. The molecule has 1 aliphatic heterocycles. The first kappa shape index (κ1) is 20.3. The molecule has 2 aromatic rings. The molecular weight excluding hydrogens is 359 g/mol. The molecule has 8 heteroatoms. The maximum Gasteiger partial charge on any atom is 0.448 e. The molecule has 27 heavy (non-hydrogen) atoms. The Morgan fingerprint density at radius 1 is 1.26 bits per heavy atom. The molecule has 0 saturated carbocycles. The number of allylic oxidation sites excluding steroid dienone is 1. The third kappa shape index (κ3) is 5.47. The maximum absolute atomic E-state index is 11.3. The van der Waals surface area contributed by atoms with Crippen LogP contribution in [-0.4, -0.2) is 35.3 Å². The molecular formula is C19H20F3N3O2. The number of hydrogen-bond acceptors (Lipinski definition) is 4. The highest BCUT2D eigenvalue weighted by Gasteiger charge is 2.31. The minimum absolute atomic E-state index is 0.196. The highest BCUT2D eigenvalue weighted by atomic mass is 19.4. The number of anilines is 2. The zero-order valence-electron chi connectivity index (χ0n) is 14.6. The summed E-state index contributed by atoms with van der Waals surface area (Å²) < 4.78 is 32.5. The summed E-state index contributed by atoms with van der Waals surface area (Å²) in [5.41, 5.74) is 0.779. The zero-order chi connectivity index (χ0) is 20.0. The Labute approximate surface area is 154 Å². The van der Waals surface area contributed by atoms with Crippen molar-refractivity contribution < 1.29 is 23.1 Å². The number of aliphatic hydroxyl groups is 1. The van der Waals surface area contributed by atoms with Gasteiger partial charge < -0.3 is 15.3 Å². The van der Waals surface area contributed by atoms with E-state index in [-0.39, 0.29) is 5.91 Å². The van der Waals surface area contributed by atoms with Crippen molar-refractivity contribution in [1.82, 2.24) is 4.98 Å². The van der Waals surface area contributed by atoms with Crippen molar-refractivity contribution in [2.24, 2.45) is 0 Å². The molecule has 0 atom stereocenters. The second-order valence-electron chi connectivity index (χ2n) is 5.90. The van der Waals surface area contributed by atoms with Crippen molar-refractivity contribution in [3.63, 3.8) is 0 Å². The maximum atomic E-state index is 11.3. The van der Waals surface area contributed by atoms with Crippen LogP contribution in [0.5, 0.6) is 0 Å². The Morgan fingerprint density at radius 2 is 1.89 bits per heavy atom. The fourth-order valence-corrected chi connectivity index (χ4v) is 2.61. The fraction of sp³-hybridized carbons (Fsp3) is 0.263. The second kappa shape index (κ2) is 8.57. The molecule has 1 aliphatic rings. The van der Waals surface area contributed by atoms with Gasteiger partial charge in [0.15, 0.2) is 5.76 Å². The smallest absolute Gasteiger partial charge is 0.448 e. The Morgan fingerprint density at radius 3 is 2.44 bits per heavy atom. The van der Waals surface area contributed by atoms with Gasteiger partial charge in [-0.25, -0.2) is 4.98 Å². The van der Waals surface area contributed by atoms with Gasteiger partial charge in [0.25, 0.3) is 0 Å². The number of aliphatic hydroxyl groups excluding tert-OH is 1. The number of carbonyl (C=O) groups is 1. The van der Waals surface area contributed by atoms with E-state index in [1.165, 1.54) is 18.9 Å². The first-order valence-corrected chi connectivity index (χ1v) is 8.24. The average Bonchev–Trinajstić information content (AvgIpc) is 3.15. The molecule has 3 rings (SSSR count). The Bertz CT molecular complexity index is 844. The summed E-state index contributed by atoms with van der Waals surface area (Å²) >= 11 is 0. The predicted octanol–water partition coefficient (Wildman–Crippen LogP) is 4.58. The lowest BCUT2D eigenvalue weighted by Gasteiger charge is -2.18. The van der Waals surface area contributed by atoms with E-state index in [9.17, 15) is 18.0 Å². The summed E-state index contributed by atoms with van der Waals surface area (Å²) in [4.78, 5) is 18.2. The van der Waals surface area contributed by atoms with Crippen LogP contribution in [0.1, 0.15) is 12.8 Å². The van der Waals surface area contributed by atoms with Crippen molar-refractivity contribution in [2.45, 2.75) is 19.0 Å². The lowest BCUT2D eigenvalue weighted by Crippen LogP contribution is -2.19. The molecule has 1 aromatic carbocycles. The lowest BCUT2D eigenvalue weighted by atomic mass is 10.1. The minimum Gasteiger partial charge on any atom is -0.505 e. The third-order valence-electron chi connectivity index (χ3n) is 3.93. The number of amides is 1.